The van der Waals surface area contributed by atoms with Gasteiger partial charge in [0.25, 0.3) is 5.91 Å². The van der Waals surface area contributed by atoms with Gasteiger partial charge in [-0.3, -0.25) is 9.78 Å². The molecule has 0 unspecified atom stereocenters. The van der Waals surface area contributed by atoms with E-state index in [1.165, 1.54) is 0 Å². The molecule has 2 heterocycles. The van der Waals surface area contributed by atoms with Gasteiger partial charge >= 0.3 is 0 Å². The zero-order valence-corrected chi connectivity index (χ0v) is 11.0. The van der Waals surface area contributed by atoms with Gasteiger partial charge < -0.3 is 10.6 Å². The average molecular weight is 255 g/mol. The molecule has 3 rings (SSSR count). The van der Waals surface area contributed by atoms with Crippen molar-refractivity contribution in [1.82, 2.24) is 9.88 Å². The van der Waals surface area contributed by atoms with E-state index < -0.39 is 0 Å². The number of amides is 1. The molecule has 1 aliphatic heterocycles. The van der Waals surface area contributed by atoms with E-state index in [-0.39, 0.29) is 5.91 Å². The number of anilines is 1. The average Bonchev–Trinajstić information content (AvgIpc) is 2.96. The molecule has 1 aromatic heterocycles. The first-order valence-electron chi connectivity index (χ1n) is 6.61. The molecule has 0 aliphatic carbocycles. The number of rotatable bonds is 1. The van der Waals surface area contributed by atoms with Crippen LogP contribution in [0.1, 0.15) is 28.9 Å². The van der Waals surface area contributed by atoms with Gasteiger partial charge in [0.15, 0.2) is 0 Å². The second-order valence-electron chi connectivity index (χ2n) is 5.05. The summed E-state index contributed by atoms with van der Waals surface area (Å²) in [4.78, 5) is 18.6. The molecule has 2 N–H and O–H groups in total. The van der Waals surface area contributed by atoms with E-state index in [0.29, 0.717) is 5.69 Å². The molecular weight excluding hydrogens is 238 g/mol. The van der Waals surface area contributed by atoms with Gasteiger partial charge in [-0.2, -0.15) is 0 Å². The Hall–Kier alpha value is -2.10. The molecule has 1 aromatic carbocycles. The number of aromatic nitrogens is 1. The zero-order valence-electron chi connectivity index (χ0n) is 11.0. The minimum Gasteiger partial charge on any atom is -0.398 e. The molecule has 19 heavy (non-hydrogen) atoms. The van der Waals surface area contributed by atoms with Crippen LogP contribution < -0.4 is 5.73 Å². The third kappa shape index (κ3) is 1.93. The predicted octanol–water partition coefficient (Wildman–Crippen LogP) is 2.36. The van der Waals surface area contributed by atoms with Crippen LogP contribution in [0.25, 0.3) is 10.8 Å². The summed E-state index contributed by atoms with van der Waals surface area (Å²) in [6, 6.07) is 5.76. The van der Waals surface area contributed by atoms with Crippen LogP contribution in [0.15, 0.2) is 24.4 Å². The van der Waals surface area contributed by atoms with Gasteiger partial charge in [-0.05, 0) is 31.4 Å². The summed E-state index contributed by atoms with van der Waals surface area (Å²) in [5.74, 6) is 0.0198. The first kappa shape index (κ1) is 12.0. The standard InChI is InChI=1S/C15H17N3O/c1-10-4-5-12-11(13(10)16)6-7-17-14(12)15(19)18-8-2-3-9-18/h4-7H,2-3,8-9,16H2,1H3. The Morgan fingerprint density at radius 1 is 1.21 bits per heavy atom. The summed E-state index contributed by atoms with van der Waals surface area (Å²) >= 11 is 0. The maximum absolute atomic E-state index is 12.5. The lowest BCUT2D eigenvalue weighted by atomic mass is 10.0. The van der Waals surface area contributed by atoms with Gasteiger partial charge in [0.2, 0.25) is 0 Å². The van der Waals surface area contributed by atoms with Crippen LogP contribution in [0.2, 0.25) is 0 Å². The predicted molar refractivity (Wildman–Crippen MR) is 76.0 cm³/mol. The van der Waals surface area contributed by atoms with E-state index in [4.69, 9.17) is 5.73 Å². The van der Waals surface area contributed by atoms with Gasteiger partial charge in [0.05, 0.1) is 0 Å². The van der Waals surface area contributed by atoms with Crippen molar-refractivity contribution in [1.29, 1.82) is 0 Å². The van der Waals surface area contributed by atoms with Crippen molar-refractivity contribution >= 4 is 22.4 Å². The molecule has 1 saturated heterocycles. The Kier molecular flexibility index (Phi) is 2.85. The number of nitrogen functional groups attached to an aromatic ring is 1. The monoisotopic (exact) mass is 255 g/mol. The number of carbonyl (C=O) groups is 1. The van der Waals surface area contributed by atoms with Crippen molar-refractivity contribution in [2.45, 2.75) is 19.8 Å². The number of fused-ring (bicyclic) bond motifs is 1. The number of aryl methyl sites for hydroxylation is 1. The summed E-state index contributed by atoms with van der Waals surface area (Å²) in [7, 11) is 0. The third-order valence-electron chi connectivity index (χ3n) is 3.80. The highest BCUT2D eigenvalue weighted by atomic mass is 16.2. The minimum atomic E-state index is 0.0198. The lowest BCUT2D eigenvalue weighted by molar-refractivity contribution is 0.0789. The van der Waals surface area contributed by atoms with Crippen molar-refractivity contribution in [3.05, 3.63) is 35.7 Å². The van der Waals surface area contributed by atoms with Crippen LogP contribution in [0.3, 0.4) is 0 Å². The molecule has 4 heteroatoms. The second-order valence-corrected chi connectivity index (χ2v) is 5.05. The highest BCUT2D eigenvalue weighted by molar-refractivity contribution is 6.08. The Morgan fingerprint density at radius 2 is 1.95 bits per heavy atom. The van der Waals surface area contributed by atoms with Gasteiger partial charge in [0.1, 0.15) is 5.69 Å². The van der Waals surface area contributed by atoms with E-state index in [1.54, 1.807) is 6.20 Å². The van der Waals surface area contributed by atoms with Crippen LogP contribution in [0, 0.1) is 6.92 Å². The highest BCUT2D eigenvalue weighted by Gasteiger charge is 2.22. The largest absolute Gasteiger partial charge is 0.398 e. The summed E-state index contributed by atoms with van der Waals surface area (Å²) in [6.07, 6.45) is 3.83. The Balaban J connectivity index is 2.13. The van der Waals surface area contributed by atoms with E-state index in [9.17, 15) is 4.79 Å². The number of carbonyl (C=O) groups excluding carboxylic acids is 1. The normalized spacial score (nSPS) is 15.1. The van der Waals surface area contributed by atoms with Gasteiger partial charge in [0, 0.05) is 35.7 Å². The lowest BCUT2D eigenvalue weighted by Gasteiger charge is -2.16. The topological polar surface area (TPSA) is 59.2 Å². The van der Waals surface area contributed by atoms with Gasteiger partial charge in [-0.15, -0.1) is 0 Å². The van der Waals surface area contributed by atoms with Crippen LogP contribution in [0.4, 0.5) is 5.69 Å². The molecule has 2 aromatic rings. The van der Waals surface area contributed by atoms with E-state index in [2.05, 4.69) is 4.98 Å². The van der Waals surface area contributed by atoms with Gasteiger partial charge in [-0.1, -0.05) is 12.1 Å². The van der Waals surface area contributed by atoms with Crippen LogP contribution in [-0.2, 0) is 0 Å². The Morgan fingerprint density at radius 3 is 2.68 bits per heavy atom. The SMILES string of the molecule is Cc1ccc2c(C(=O)N3CCCC3)nccc2c1N. The number of benzene rings is 1. The van der Waals surface area contributed by atoms with Crippen molar-refractivity contribution in [3.8, 4) is 0 Å². The van der Waals surface area contributed by atoms with Crippen LogP contribution in [0.5, 0.6) is 0 Å². The molecule has 1 amide bonds. The van der Waals surface area contributed by atoms with Crippen LogP contribution >= 0.6 is 0 Å². The molecule has 1 aliphatic rings. The molecule has 0 radical (unpaired) electrons. The number of likely N-dealkylation sites (tertiary alicyclic amines) is 1. The molecule has 98 valence electrons. The molecule has 1 fully saturated rings. The fraction of sp³-hybridized carbons (Fsp3) is 0.333. The van der Waals surface area contributed by atoms with Crippen molar-refractivity contribution in [2.75, 3.05) is 18.8 Å². The minimum absolute atomic E-state index is 0.0198. The molecular formula is C15H17N3O. The molecule has 4 nitrogen and oxygen atoms in total. The third-order valence-corrected chi connectivity index (χ3v) is 3.80. The van der Waals surface area contributed by atoms with Crippen molar-refractivity contribution < 1.29 is 4.79 Å². The van der Waals surface area contributed by atoms with E-state index in [0.717, 1.165) is 48.0 Å². The molecule has 0 bridgehead atoms. The number of hydrogen-bond acceptors (Lipinski definition) is 3. The molecule has 0 atom stereocenters. The fourth-order valence-electron chi connectivity index (χ4n) is 2.63. The quantitative estimate of drug-likeness (QED) is 0.796. The maximum atomic E-state index is 12.5. The van der Waals surface area contributed by atoms with Crippen molar-refractivity contribution in [3.63, 3.8) is 0 Å². The summed E-state index contributed by atoms with van der Waals surface area (Å²) < 4.78 is 0. The number of hydrogen-bond donors (Lipinski definition) is 1. The van der Waals surface area contributed by atoms with E-state index in [1.807, 2.05) is 30.0 Å². The maximum Gasteiger partial charge on any atom is 0.273 e. The van der Waals surface area contributed by atoms with E-state index >= 15 is 0 Å². The molecule has 0 saturated carbocycles. The second kappa shape index (κ2) is 4.53. The summed E-state index contributed by atoms with van der Waals surface area (Å²) in [5.41, 5.74) is 8.37. The van der Waals surface area contributed by atoms with Gasteiger partial charge in [-0.25, -0.2) is 0 Å². The zero-order chi connectivity index (χ0) is 13.4. The number of nitrogens with zero attached hydrogens (tertiary/aromatic N) is 2. The Labute approximate surface area is 112 Å². The Bertz CT molecular complexity index is 645. The first-order chi connectivity index (χ1) is 9.18. The first-order valence-corrected chi connectivity index (χ1v) is 6.61. The van der Waals surface area contributed by atoms with Crippen LogP contribution in [-0.4, -0.2) is 28.9 Å². The van der Waals surface area contributed by atoms with Crippen molar-refractivity contribution in [2.24, 2.45) is 0 Å². The fourth-order valence-corrected chi connectivity index (χ4v) is 2.63. The summed E-state index contributed by atoms with van der Waals surface area (Å²) in [5, 5.41) is 1.76. The summed E-state index contributed by atoms with van der Waals surface area (Å²) in [6.45, 7) is 3.63. The highest BCUT2D eigenvalue weighted by Crippen LogP contribution is 2.27. The smallest absolute Gasteiger partial charge is 0.273 e. The lowest BCUT2D eigenvalue weighted by Crippen LogP contribution is -2.28. The molecule has 0 spiro atoms. The number of nitrogens with two attached hydrogens (primary N) is 1. The number of pyridine rings is 1.